The van der Waals surface area contributed by atoms with Gasteiger partial charge in [0.15, 0.2) is 0 Å². The predicted octanol–water partition coefficient (Wildman–Crippen LogP) is 4.29. The van der Waals surface area contributed by atoms with Crippen LogP contribution in [-0.4, -0.2) is 6.04 Å². The van der Waals surface area contributed by atoms with Gasteiger partial charge in [-0.3, -0.25) is 0 Å². The van der Waals surface area contributed by atoms with Crippen LogP contribution in [0, 0.1) is 11.3 Å². The first-order chi connectivity index (χ1) is 9.76. The molecule has 20 heavy (non-hydrogen) atoms. The Hall–Kier alpha value is -1.79. The molecule has 0 radical (unpaired) electrons. The summed E-state index contributed by atoms with van der Waals surface area (Å²) in [7, 11) is 0. The Kier molecular flexibility index (Phi) is 3.75. The largest absolute Gasteiger partial charge is 0.381 e. The molecule has 100 valence electrons. The molecule has 2 aromatic carbocycles. The van der Waals surface area contributed by atoms with E-state index in [0.717, 1.165) is 29.4 Å². The lowest BCUT2D eigenvalue weighted by Crippen LogP contribution is -2.27. The standard InChI is InChI=1S/C17H15BrN2/c18-15-7-5-14(11-19)17(10-15)20-16-8-6-12-3-1-2-4-13(12)9-16/h1-5,7,10,16,20H,6,8-9H2. The lowest BCUT2D eigenvalue weighted by Gasteiger charge is -2.26. The molecule has 0 aromatic heterocycles. The second kappa shape index (κ2) is 5.68. The van der Waals surface area contributed by atoms with E-state index >= 15 is 0 Å². The second-order valence-corrected chi connectivity index (χ2v) is 6.07. The number of halogens is 1. The van der Waals surface area contributed by atoms with Crippen molar-refractivity contribution in [3.05, 3.63) is 63.6 Å². The summed E-state index contributed by atoms with van der Waals surface area (Å²) in [6.07, 6.45) is 3.23. The fourth-order valence-electron chi connectivity index (χ4n) is 2.77. The van der Waals surface area contributed by atoms with Gasteiger partial charge >= 0.3 is 0 Å². The molecule has 2 aromatic rings. The lowest BCUT2D eigenvalue weighted by atomic mass is 9.88. The van der Waals surface area contributed by atoms with E-state index in [2.05, 4.69) is 51.6 Å². The van der Waals surface area contributed by atoms with Crippen molar-refractivity contribution in [2.75, 3.05) is 5.32 Å². The van der Waals surface area contributed by atoms with Gasteiger partial charge in [0.1, 0.15) is 6.07 Å². The maximum atomic E-state index is 9.19. The van der Waals surface area contributed by atoms with E-state index in [1.54, 1.807) is 0 Å². The average Bonchev–Trinajstić information content (AvgIpc) is 2.47. The molecule has 0 amide bonds. The summed E-state index contributed by atoms with van der Waals surface area (Å²) in [6.45, 7) is 0. The Bertz CT molecular complexity index is 673. The van der Waals surface area contributed by atoms with E-state index in [-0.39, 0.29) is 0 Å². The van der Waals surface area contributed by atoms with Crippen molar-refractivity contribution in [1.29, 1.82) is 5.26 Å². The SMILES string of the molecule is N#Cc1ccc(Br)cc1NC1CCc2ccccc2C1. The van der Waals surface area contributed by atoms with E-state index in [1.807, 2.05) is 18.2 Å². The number of benzene rings is 2. The van der Waals surface area contributed by atoms with Gasteiger partial charge in [-0.05, 0) is 48.6 Å². The highest BCUT2D eigenvalue weighted by molar-refractivity contribution is 9.10. The van der Waals surface area contributed by atoms with Crippen molar-refractivity contribution in [3.8, 4) is 6.07 Å². The van der Waals surface area contributed by atoms with Gasteiger partial charge in [-0.25, -0.2) is 0 Å². The smallest absolute Gasteiger partial charge is 0.101 e. The topological polar surface area (TPSA) is 35.8 Å². The maximum absolute atomic E-state index is 9.19. The van der Waals surface area contributed by atoms with Gasteiger partial charge in [-0.1, -0.05) is 40.2 Å². The Morgan fingerprint density at radius 1 is 1.15 bits per heavy atom. The number of nitriles is 1. The fraction of sp³-hybridized carbons (Fsp3) is 0.235. The second-order valence-electron chi connectivity index (χ2n) is 5.15. The minimum atomic E-state index is 0.395. The van der Waals surface area contributed by atoms with Gasteiger partial charge in [0.05, 0.1) is 11.3 Å². The summed E-state index contributed by atoms with van der Waals surface area (Å²) < 4.78 is 0.996. The van der Waals surface area contributed by atoms with Crippen molar-refractivity contribution in [2.45, 2.75) is 25.3 Å². The molecule has 3 rings (SSSR count). The van der Waals surface area contributed by atoms with Crippen molar-refractivity contribution >= 4 is 21.6 Å². The zero-order valence-electron chi connectivity index (χ0n) is 11.1. The number of nitrogens with one attached hydrogen (secondary N) is 1. The summed E-state index contributed by atoms with van der Waals surface area (Å²) in [5.74, 6) is 0. The highest BCUT2D eigenvalue weighted by atomic mass is 79.9. The number of anilines is 1. The van der Waals surface area contributed by atoms with Crippen LogP contribution in [0.25, 0.3) is 0 Å². The van der Waals surface area contributed by atoms with E-state index < -0.39 is 0 Å². The number of aryl methyl sites for hydroxylation is 1. The average molecular weight is 327 g/mol. The Balaban J connectivity index is 1.80. The Morgan fingerprint density at radius 2 is 1.95 bits per heavy atom. The molecule has 0 fully saturated rings. The summed E-state index contributed by atoms with van der Waals surface area (Å²) in [5.41, 5.74) is 4.50. The molecule has 0 bridgehead atoms. The molecule has 0 spiro atoms. The lowest BCUT2D eigenvalue weighted by molar-refractivity contribution is 0.611. The third kappa shape index (κ3) is 2.71. The van der Waals surface area contributed by atoms with Crippen molar-refractivity contribution in [2.24, 2.45) is 0 Å². The third-order valence-electron chi connectivity index (χ3n) is 3.81. The zero-order chi connectivity index (χ0) is 13.9. The third-order valence-corrected chi connectivity index (χ3v) is 4.30. The summed E-state index contributed by atoms with van der Waals surface area (Å²) >= 11 is 3.47. The first kappa shape index (κ1) is 13.2. The van der Waals surface area contributed by atoms with Gasteiger partial charge in [0.25, 0.3) is 0 Å². The van der Waals surface area contributed by atoms with Crippen LogP contribution >= 0.6 is 15.9 Å². The monoisotopic (exact) mass is 326 g/mol. The van der Waals surface area contributed by atoms with Gasteiger partial charge in [-0.15, -0.1) is 0 Å². The van der Waals surface area contributed by atoms with Crippen LogP contribution in [-0.2, 0) is 12.8 Å². The molecule has 1 aliphatic rings. The minimum absolute atomic E-state index is 0.395. The molecule has 0 saturated carbocycles. The highest BCUT2D eigenvalue weighted by Crippen LogP contribution is 2.26. The van der Waals surface area contributed by atoms with Gasteiger partial charge in [0.2, 0.25) is 0 Å². The number of fused-ring (bicyclic) bond motifs is 1. The maximum Gasteiger partial charge on any atom is 0.101 e. The predicted molar refractivity (Wildman–Crippen MR) is 84.7 cm³/mol. The number of hydrogen-bond acceptors (Lipinski definition) is 2. The van der Waals surface area contributed by atoms with Crippen LogP contribution in [0.4, 0.5) is 5.69 Å². The quantitative estimate of drug-likeness (QED) is 0.893. The Labute approximate surface area is 127 Å². The molecule has 0 aliphatic heterocycles. The number of hydrogen-bond donors (Lipinski definition) is 1. The first-order valence-corrected chi connectivity index (χ1v) is 7.58. The molecule has 1 atom stereocenters. The van der Waals surface area contributed by atoms with Crippen molar-refractivity contribution < 1.29 is 0 Å². The van der Waals surface area contributed by atoms with Gasteiger partial charge < -0.3 is 5.32 Å². The zero-order valence-corrected chi connectivity index (χ0v) is 12.7. The summed E-state index contributed by atoms with van der Waals surface area (Å²) in [4.78, 5) is 0. The van der Waals surface area contributed by atoms with Crippen LogP contribution in [0.5, 0.6) is 0 Å². The highest BCUT2D eigenvalue weighted by Gasteiger charge is 2.18. The summed E-state index contributed by atoms with van der Waals surface area (Å²) in [5, 5.41) is 12.7. The summed E-state index contributed by atoms with van der Waals surface area (Å²) in [6, 6.07) is 17.0. The molecule has 1 aliphatic carbocycles. The molecule has 1 N–H and O–H groups in total. The van der Waals surface area contributed by atoms with Crippen LogP contribution in [0.15, 0.2) is 46.9 Å². The normalized spacial score (nSPS) is 17.1. The molecule has 3 heteroatoms. The van der Waals surface area contributed by atoms with E-state index in [9.17, 15) is 5.26 Å². The van der Waals surface area contributed by atoms with E-state index in [0.29, 0.717) is 11.6 Å². The fourth-order valence-corrected chi connectivity index (χ4v) is 3.14. The van der Waals surface area contributed by atoms with E-state index in [4.69, 9.17) is 0 Å². The molecule has 2 nitrogen and oxygen atoms in total. The van der Waals surface area contributed by atoms with Gasteiger partial charge in [0, 0.05) is 10.5 Å². The Morgan fingerprint density at radius 3 is 2.75 bits per heavy atom. The molecule has 0 saturated heterocycles. The van der Waals surface area contributed by atoms with Crippen molar-refractivity contribution in [1.82, 2.24) is 0 Å². The van der Waals surface area contributed by atoms with E-state index in [1.165, 1.54) is 11.1 Å². The number of rotatable bonds is 2. The van der Waals surface area contributed by atoms with Gasteiger partial charge in [-0.2, -0.15) is 5.26 Å². The number of nitrogens with zero attached hydrogens (tertiary/aromatic N) is 1. The molecule has 0 heterocycles. The molecule has 1 unspecified atom stereocenters. The molecular weight excluding hydrogens is 312 g/mol. The van der Waals surface area contributed by atoms with Crippen LogP contribution in [0.3, 0.4) is 0 Å². The van der Waals surface area contributed by atoms with Crippen LogP contribution in [0.1, 0.15) is 23.1 Å². The first-order valence-electron chi connectivity index (χ1n) is 6.79. The minimum Gasteiger partial charge on any atom is -0.381 e. The molecular formula is C17H15BrN2. The van der Waals surface area contributed by atoms with Crippen LogP contribution < -0.4 is 5.32 Å². The van der Waals surface area contributed by atoms with Crippen molar-refractivity contribution in [3.63, 3.8) is 0 Å². The van der Waals surface area contributed by atoms with Crippen LogP contribution in [0.2, 0.25) is 0 Å².